The molecular formula is C18H24ClNO2. The molecule has 0 aromatic heterocycles. The van der Waals surface area contributed by atoms with Crippen LogP contribution in [0.4, 0.5) is 0 Å². The van der Waals surface area contributed by atoms with Crippen molar-refractivity contribution in [3.05, 3.63) is 29.3 Å². The van der Waals surface area contributed by atoms with E-state index in [2.05, 4.69) is 12.2 Å². The Morgan fingerprint density at radius 1 is 1.32 bits per heavy atom. The highest BCUT2D eigenvalue weighted by Crippen LogP contribution is 2.49. The van der Waals surface area contributed by atoms with Gasteiger partial charge in [-0.25, -0.2) is 0 Å². The first-order valence-corrected chi connectivity index (χ1v) is 8.67. The maximum Gasteiger partial charge on any atom is 0.223 e. The van der Waals surface area contributed by atoms with Crippen LogP contribution >= 0.6 is 11.6 Å². The van der Waals surface area contributed by atoms with E-state index in [0.29, 0.717) is 30.0 Å². The van der Waals surface area contributed by atoms with Gasteiger partial charge in [0.2, 0.25) is 5.91 Å². The Bertz CT molecular complexity index is 516. The summed E-state index contributed by atoms with van der Waals surface area (Å²) in [6.45, 7) is 2.56. The maximum atomic E-state index is 12.0. The van der Waals surface area contributed by atoms with E-state index in [0.717, 1.165) is 17.6 Å². The smallest absolute Gasteiger partial charge is 0.223 e. The van der Waals surface area contributed by atoms with Crippen LogP contribution in [0.25, 0.3) is 0 Å². The fraction of sp³-hybridized carbons (Fsp3) is 0.611. The zero-order chi connectivity index (χ0) is 15.5. The van der Waals surface area contributed by atoms with Gasteiger partial charge in [-0.2, -0.15) is 0 Å². The van der Waals surface area contributed by atoms with Crippen LogP contribution in [0.3, 0.4) is 0 Å². The van der Waals surface area contributed by atoms with Crippen LogP contribution in [-0.2, 0) is 4.79 Å². The zero-order valence-electron chi connectivity index (χ0n) is 13.1. The Balaban J connectivity index is 1.38. The second kappa shape index (κ2) is 6.91. The topological polar surface area (TPSA) is 38.3 Å². The molecule has 2 bridgehead atoms. The van der Waals surface area contributed by atoms with Crippen molar-refractivity contribution in [3.63, 3.8) is 0 Å². The Labute approximate surface area is 137 Å². The van der Waals surface area contributed by atoms with Crippen LogP contribution < -0.4 is 10.1 Å². The molecule has 3 rings (SSSR count). The molecule has 4 heteroatoms. The van der Waals surface area contributed by atoms with Crippen LogP contribution in [0.5, 0.6) is 5.75 Å². The Hall–Kier alpha value is -1.22. The van der Waals surface area contributed by atoms with E-state index in [1.54, 1.807) is 12.1 Å². The highest BCUT2D eigenvalue weighted by Gasteiger charge is 2.42. The van der Waals surface area contributed by atoms with Gasteiger partial charge >= 0.3 is 0 Å². The number of ether oxygens (including phenoxy) is 1. The van der Waals surface area contributed by atoms with Crippen LogP contribution in [0.2, 0.25) is 5.02 Å². The van der Waals surface area contributed by atoms with Gasteiger partial charge in [-0.15, -0.1) is 0 Å². The van der Waals surface area contributed by atoms with Crippen molar-refractivity contribution < 1.29 is 9.53 Å². The van der Waals surface area contributed by atoms with Crippen molar-refractivity contribution in [2.75, 3.05) is 6.61 Å². The van der Waals surface area contributed by atoms with Crippen LogP contribution in [-0.4, -0.2) is 18.6 Å². The monoisotopic (exact) mass is 321 g/mol. The van der Waals surface area contributed by atoms with Gasteiger partial charge in [-0.3, -0.25) is 4.79 Å². The molecule has 22 heavy (non-hydrogen) atoms. The van der Waals surface area contributed by atoms with Crippen molar-refractivity contribution in [1.82, 2.24) is 5.32 Å². The van der Waals surface area contributed by atoms with Crippen LogP contribution in [0, 0.1) is 17.8 Å². The molecule has 2 fully saturated rings. The number of hydrogen-bond acceptors (Lipinski definition) is 2. The molecule has 0 aliphatic heterocycles. The molecule has 2 aliphatic rings. The predicted molar refractivity (Wildman–Crippen MR) is 88.1 cm³/mol. The molecule has 1 N–H and O–H groups in total. The van der Waals surface area contributed by atoms with E-state index in [-0.39, 0.29) is 5.91 Å². The minimum absolute atomic E-state index is 0.0873. The number of fused-ring (bicyclic) bond motifs is 2. The lowest BCUT2D eigenvalue weighted by Crippen LogP contribution is -2.40. The SMILES string of the molecule is CC(NC(=O)CCOc1ccc(Cl)cc1)C1CC2CCC1C2. The number of amides is 1. The van der Waals surface area contributed by atoms with E-state index < -0.39 is 0 Å². The van der Waals surface area contributed by atoms with Gasteiger partial charge in [0.1, 0.15) is 5.75 Å². The molecule has 1 aromatic rings. The van der Waals surface area contributed by atoms with Gasteiger partial charge < -0.3 is 10.1 Å². The third-order valence-electron chi connectivity index (χ3n) is 5.24. The van der Waals surface area contributed by atoms with E-state index >= 15 is 0 Å². The second-order valence-corrected chi connectivity index (χ2v) is 7.18. The molecule has 4 unspecified atom stereocenters. The molecule has 0 heterocycles. The minimum Gasteiger partial charge on any atom is -0.493 e. The quantitative estimate of drug-likeness (QED) is 0.858. The summed E-state index contributed by atoms with van der Waals surface area (Å²) >= 11 is 5.82. The second-order valence-electron chi connectivity index (χ2n) is 6.75. The summed E-state index contributed by atoms with van der Waals surface area (Å²) in [5.41, 5.74) is 0. The average Bonchev–Trinajstić information content (AvgIpc) is 3.12. The number of carbonyl (C=O) groups is 1. The summed E-state index contributed by atoms with van der Waals surface area (Å²) in [5.74, 6) is 3.27. The fourth-order valence-corrected chi connectivity index (χ4v) is 4.26. The third kappa shape index (κ3) is 3.75. The third-order valence-corrected chi connectivity index (χ3v) is 5.49. The van der Waals surface area contributed by atoms with E-state index in [4.69, 9.17) is 16.3 Å². The Kier molecular flexibility index (Phi) is 4.92. The molecule has 1 aromatic carbocycles. The Morgan fingerprint density at radius 2 is 2.09 bits per heavy atom. The van der Waals surface area contributed by atoms with Crippen molar-refractivity contribution in [3.8, 4) is 5.75 Å². The number of benzene rings is 1. The van der Waals surface area contributed by atoms with E-state index in [1.165, 1.54) is 25.7 Å². The van der Waals surface area contributed by atoms with Crippen molar-refractivity contribution in [2.45, 2.75) is 45.1 Å². The summed E-state index contributed by atoms with van der Waals surface area (Å²) in [6, 6.07) is 7.50. The largest absolute Gasteiger partial charge is 0.493 e. The summed E-state index contributed by atoms with van der Waals surface area (Å²) in [5, 5.41) is 3.85. The fourth-order valence-electron chi connectivity index (χ4n) is 4.13. The normalized spacial score (nSPS) is 27.6. The van der Waals surface area contributed by atoms with Gasteiger partial charge in [0.25, 0.3) is 0 Å². The standard InChI is InChI=1S/C18H24ClNO2/c1-12(17-11-13-2-3-14(17)10-13)20-18(21)8-9-22-16-6-4-15(19)5-7-16/h4-7,12-14,17H,2-3,8-11H2,1H3,(H,20,21). The maximum absolute atomic E-state index is 12.0. The van der Waals surface area contributed by atoms with Gasteiger partial charge in [-0.05, 0) is 68.2 Å². The Morgan fingerprint density at radius 3 is 2.73 bits per heavy atom. The molecule has 0 saturated heterocycles. The molecule has 0 radical (unpaired) electrons. The lowest BCUT2D eigenvalue weighted by molar-refractivity contribution is -0.122. The first-order chi connectivity index (χ1) is 10.6. The number of rotatable bonds is 6. The number of carbonyl (C=O) groups excluding carboxylic acids is 1. The van der Waals surface area contributed by atoms with Crippen molar-refractivity contribution >= 4 is 17.5 Å². The number of nitrogens with one attached hydrogen (secondary N) is 1. The highest BCUT2D eigenvalue weighted by molar-refractivity contribution is 6.30. The number of halogens is 1. The molecule has 1 amide bonds. The molecule has 2 saturated carbocycles. The average molecular weight is 322 g/mol. The van der Waals surface area contributed by atoms with Gasteiger partial charge in [0, 0.05) is 11.1 Å². The predicted octanol–water partition coefficient (Wildman–Crippen LogP) is 4.05. The van der Waals surface area contributed by atoms with Gasteiger partial charge in [0.05, 0.1) is 13.0 Å². The molecule has 2 aliphatic carbocycles. The van der Waals surface area contributed by atoms with E-state index in [1.807, 2.05) is 12.1 Å². The first-order valence-electron chi connectivity index (χ1n) is 8.29. The molecule has 120 valence electrons. The molecular weight excluding hydrogens is 298 g/mol. The zero-order valence-corrected chi connectivity index (χ0v) is 13.8. The van der Waals surface area contributed by atoms with Gasteiger partial charge in [0.15, 0.2) is 0 Å². The summed E-state index contributed by atoms with van der Waals surface area (Å²) in [4.78, 5) is 12.0. The lowest BCUT2D eigenvalue weighted by atomic mass is 9.84. The molecule has 0 spiro atoms. The summed E-state index contributed by atoms with van der Waals surface area (Å²) in [6.07, 6.45) is 5.83. The summed E-state index contributed by atoms with van der Waals surface area (Å²) < 4.78 is 5.57. The summed E-state index contributed by atoms with van der Waals surface area (Å²) in [7, 11) is 0. The van der Waals surface area contributed by atoms with E-state index in [9.17, 15) is 4.79 Å². The minimum atomic E-state index is 0.0873. The van der Waals surface area contributed by atoms with Crippen molar-refractivity contribution in [1.29, 1.82) is 0 Å². The van der Waals surface area contributed by atoms with Gasteiger partial charge in [-0.1, -0.05) is 18.0 Å². The van der Waals surface area contributed by atoms with Crippen LogP contribution in [0.1, 0.15) is 39.0 Å². The lowest BCUT2D eigenvalue weighted by Gasteiger charge is -2.28. The number of hydrogen-bond donors (Lipinski definition) is 1. The molecule has 3 nitrogen and oxygen atoms in total. The highest BCUT2D eigenvalue weighted by atomic mass is 35.5. The molecule has 4 atom stereocenters. The van der Waals surface area contributed by atoms with Crippen LogP contribution in [0.15, 0.2) is 24.3 Å². The first kappa shape index (κ1) is 15.7. The van der Waals surface area contributed by atoms with Crippen molar-refractivity contribution in [2.24, 2.45) is 17.8 Å².